The van der Waals surface area contributed by atoms with E-state index in [-0.39, 0.29) is 0 Å². The lowest BCUT2D eigenvalue weighted by atomic mass is 10.3. The summed E-state index contributed by atoms with van der Waals surface area (Å²) in [6.07, 6.45) is 4.02. The summed E-state index contributed by atoms with van der Waals surface area (Å²) >= 11 is -5.06. The van der Waals surface area contributed by atoms with Crippen molar-refractivity contribution in [3.05, 3.63) is 50.6 Å². The predicted molar refractivity (Wildman–Crippen MR) is 68.9 cm³/mol. The van der Waals surface area contributed by atoms with Crippen LogP contribution in [0.4, 0.5) is 0 Å². The topological polar surface area (TPSA) is 83.8 Å². The molecule has 0 aliphatic carbocycles. The lowest BCUT2D eigenvalue weighted by Gasteiger charge is -2.32. The van der Waals surface area contributed by atoms with Crippen molar-refractivity contribution in [3.8, 4) is 0 Å². The molecule has 0 saturated carbocycles. The minimum absolute atomic E-state index is 1.00. The van der Waals surface area contributed by atoms with E-state index in [0.717, 1.165) is 24.3 Å². The lowest BCUT2D eigenvalue weighted by Crippen LogP contribution is -2.45. The fraction of sp³-hybridized carbons (Fsp3) is 0.200. The SMILES string of the molecule is C=CC(C=C)(OC(C=C)(C=C)S(=O)O)S(=O)O. The molecule has 2 N–H and O–H groups in total. The highest BCUT2D eigenvalue weighted by molar-refractivity contribution is 7.81. The zero-order valence-corrected chi connectivity index (χ0v) is 10.7. The van der Waals surface area contributed by atoms with Crippen LogP contribution in [-0.4, -0.2) is 27.4 Å². The van der Waals surface area contributed by atoms with E-state index >= 15 is 0 Å². The van der Waals surface area contributed by atoms with Crippen LogP contribution in [0.25, 0.3) is 0 Å². The Labute approximate surface area is 105 Å². The molecule has 96 valence electrons. The molecule has 0 spiro atoms. The molecule has 0 bridgehead atoms. The number of ether oxygens (including phenoxy) is 1. The Bertz CT molecular complexity index is 336. The zero-order chi connectivity index (χ0) is 13.7. The van der Waals surface area contributed by atoms with E-state index in [1.165, 1.54) is 0 Å². The molecule has 0 rings (SSSR count). The molecule has 17 heavy (non-hydrogen) atoms. The first-order chi connectivity index (χ1) is 7.84. The van der Waals surface area contributed by atoms with Gasteiger partial charge in [0.05, 0.1) is 0 Å². The highest BCUT2D eigenvalue weighted by Crippen LogP contribution is 2.29. The van der Waals surface area contributed by atoms with Crippen LogP contribution in [0.5, 0.6) is 0 Å². The maximum Gasteiger partial charge on any atom is 0.207 e. The summed E-state index contributed by atoms with van der Waals surface area (Å²) in [6.45, 7) is 13.4. The van der Waals surface area contributed by atoms with E-state index in [1.54, 1.807) is 0 Å². The highest BCUT2D eigenvalue weighted by atomic mass is 32.2. The first kappa shape index (κ1) is 16.1. The molecule has 2 unspecified atom stereocenters. The summed E-state index contributed by atoms with van der Waals surface area (Å²) in [5.74, 6) is 0. The van der Waals surface area contributed by atoms with E-state index < -0.39 is 32.0 Å². The van der Waals surface area contributed by atoms with Gasteiger partial charge in [-0.25, -0.2) is 8.42 Å². The maximum atomic E-state index is 11.2. The third-order valence-corrected chi connectivity index (χ3v) is 3.93. The first-order valence-corrected chi connectivity index (χ1v) is 6.52. The minimum Gasteiger partial charge on any atom is -0.322 e. The largest absolute Gasteiger partial charge is 0.322 e. The van der Waals surface area contributed by atoms with Crippen LogP contribution in [0.2, 0.25) is 0 Å². The molecule has 0 fully saturated rings. The predicted octanol–water partition coefficient (Wildman–Crippen LogP) is 1.58. The fourth-order valence-corrected chi connectivity index (χ4v) is 1.98. The Kier molecular flexibility index (Phi) is 5.86. The Balaban J connectivity index is 5.64. The van der Waals surface area contributed by atoms with Crippen LogP contribution in [0.3, 0.4) is 0 Å². The van der Waals surface area contributed by atoms with Gasteiger partial charge >= 0.3 is 0 Å². The average molecular weight is 278 g/mol. The van der Waals surface area contributed by atoms with Crippen molar-refractivity contribution in [1.29, 1.82) is 0 Å². The van der Waals surface area contributed by atoms with Crippen LogP contribution in [0.15, 0.2) is 50.6 Å². The Morgan fingerprint density at radius 2 is 1.06 bits per heavy atom. The molecule has 7 heteroatoms. The normalized spacial score (nSPS) is 15.6. The van der Waals surface area contributed by atoms with Crippen molar-refractivity contribution in [1.82, 2.24) is 0 Å². The van der Waals surface area contributed by atoms with Gasteiger partial charge in [-0.2, -0.15) is 0 Å². The van der Waals surface area contributed by atoms with Gasteiger partial charge < -0.3 is 13.8 Å². The Hall–Kier alpha value is -0.860. The maximum absolute atomic E-state index is 11.2. The number of rotatable bonds is 8. The van der Waals surface area contributed by atoms with Crippen molar-refractivity contribution < 1.29 is 22.3 Å². The van der Waals surface area contributed by atoms with Gasteiger partial charge in [-0.15, -0.1) is 0 Å². The first-order valence-electron chi connectivity index (χ1n) is 4.30. The van der Waals surface area contributed by atoms with Crippen LogP contribution in [0.1, 0.15) is 0 Å². The molecular weight excluding hydrogens is 264 g/mol. The van der Waals surface area contributed by atoms with E-state index in [0.29, 0.717) is 0 Å². The zero-order valence-electron chi connectivity index (χ0n) is 9.07. The highest BCUT2D eigenvalue weighted by Gasteiger charge is 2.43. The monoisotopic (exact) mass is 278 g/mol. The quantitative estimate of drug-likeness (QED) is 0.520. The molecular formula is C10H14O5S2. The second kappa shape index (κ2) is 6.18. The molecule has 0 radical (unpaired) electrons. The van der Waals surface area contributed by atoms with Crippen LogP contribution < -0.4 is 0 Å². The molecule has 0 aliphatic rings. The van der Waals surface area contributed by atoms with E-state index in [4.69, 9.17) is 13.8 Å². The van der Waals surface area contributed by atoms with Gasteiger partial charge in [0.1, 0.15) is 0 Å². The van der Waals surface area contributed by atoms with Crippen LogP contribution in [0, 0.1) is 0 Å². The molecule has 0 aromatic heterocycles. The molecule has 0 aromatic rings. The third kappa shape index (κ3) is 3.08. The second-order valence-electron chi connectivity index (χ2n) is 2.86. The van der Waals surface area contributed by atoms with Crippen molar-refractivity contribution in [2.45, 2.75) is 9.87 Å². The van der Waals surface area contributed by atoms with Crippen molar-refractivity contribution in [2.75, 3.05) is 0 Å². The van der Waals surface area contributed by atoms with Gasteiger partial charge in [0.25, 0.3) is 0 Å². The van der Waals surface area contributed by atoms with Gasteiger partial charge in [-0.3, -0.25) is 0 Å². The van der Waals surface area contributed by atoms with Gasteiger partial charge in [-0.1, -0.05) is 26.3 Å². The summed E-state index contributed by atoms with van der Waals surface area (Å²) in [4.78, 5) is -3.78. The molecule has 0 aliphatic heterocycles. The summed E-state index contributed by atoms with van der Waals surface area (Å²) in [6, 6.07) is 0. The van der Waals surface area contributed by atoms with Gasteiger partial charge in [0, 0.05) is 0 Å². The average Bonchev–Trinajstić information content (AvgIpc) is 2.31. The van der Waals surface area contributed by atoms with Crippen LogP contribution in [-0.2, 0) is 26.9 Å². The Morgan fingerprint density at radius 3 is 1.18 bits per heavy atom. The van der Waals surface area contributed by atoms with Gasteiger partial charge in [0.2, 0.25) is 9.87 Å². The molecule has 5 nitrogen and oxygen atoms in total. The van der Waals surface area contributed by atoms with Gasteiger partial charge in [0.15, 0.2) is 22.2 Å². The summed E-state index contributed by atoms with van der Waals surface area (Å²) in [7, 11) is 0. The number of hydrogen-bond donors (Lipinski definition) is 2. The standard InChI is InChI=1S/C10H14O5S2/c1-5-9(6-2,16(11)12)15-10(7-3,8-4)17(13)14/h5-8H,1-4H2,(H,11,12)(H,13,14). The molecule has 0 saturated heterocycles. The summed E-state index contributed by atoms with van der Waals surface area (Å²) < 4.78 is 45.9. The van der Waals surface area contributed by atoms with E-state index in [2.05, 4.69) is 26.3 Å². The minimum atomic E-state index is -2.53. The van der Waals surface area contributed by atoms with Crippen molar-refractivity contribution in [3.63, 3.8) is 0 Å². The van der Waals surface area contributed by atoms with Crippen LogP contribution >= 0.6 is 0 Å². The van der Waals surface area contributed by atoms with Gasteiger partial charge in [-0.05, 0) is 24.3 Å². The lowest BCUT2D eigenvalue weighted by molar-refractivity contribution is 0.0377. The second-order valence-corrected chi connectivity index (χ2v) is 5.13. The number of hydrogen-bond acceptors (Lipinski definition) is 3. The Morgan fingerprint density at radius 1 is 0.824 bits per heavy atom. The molecule has 0 amide bonds. The van der Waals surface area contributed by atoms with Crippen molar-refractivity contribution >= 4 is 22.2 Å². The summed E-state index contributed by atoms with van der Waals surface area (Å²) in [5, 5.41) is 0. The van der Waals surface area contributed by atoms with E-state index in [1.807, 2.05) is 0 Å². The smallest absolute Gasteiger partial charge is 0.207 e. The van der Waals surface area contributed by atoms with E-state index in [9.17, 15) is 8.42 Å². The molecule has 0 aromatic carbocycles. The summed E-state index contributed by atoms with van der Waals surface area (Å²) in [5.41, 5.74) is 0. The van der Waals surface area contributed by atoms with Crippen molar-refractivity contribution in [2.24, 2.45) is 0 Å². The molecule has 2 atom stereocenters. The molecule has 0 heterocycles. The third-order valence-electron chi connectivity index (χ3n) is 2.00. The fourth-order valence-electron chi connectivity index (χ4n) is 0.939.